The van der Waals surface area contributed by atoms with E-state index in [-0.39, 0.29) is 24.8 Å². The summed E-state index contributed by atoms with van der Waals surface area (Å²) in [6, 6.07) is 40.5. The Labute approximate surface area is 220 Å². The molecule has 5 rings (SSSR count). The molecule has 4 aromatic rings. The Morgan fingerprint density at radius 3 is 1.74 bits per heavy atom. The smallest absolute Gasteiger partial charge is 0.147 e. The Balaban J connectivity index is 0.00000162. The third kappa shape index (κ3) is 6.06. The summed E-state index contributed by atoms with van der Waals surface area (Å²) in [7, 11) is 0. The van der Waals surface area contributed by atoms with Gasteiger partial charge in [0.2, 0.25) is 0 Å². The molecule has 4 heteroatoms. The minimum absolute atomic E-state index is 0. The van der Waals surface area contributed by atoms with Crippen molar-refractivity contribution in [3.05, 3.63) is 148 Å². The fraction of sp³-hybridized carbons (Fsp3) is 0.0333. The van der Waals surface area contributed by atoms with E-state index in [0.717, 1.165) is 12.2 Å². The van der Waals surface area contributed by atoms with Gasteiger partial charge >= 0.3 is 197 Å². The molecular formula is C30H26Cl2OTi. The second-order valence-corrected chi connectivity index (χ2v) is 10.9. The molecule has 0 amide bonds. The van der Waals surface area contributed by atoms with Crippen molar-refractivity contribution in [2.75, 3.05) is 0 Å². The van der Waals surface area contributed by atoms with Gasteiger partial charge in [0.05, 0.1) is 0 Å². The van der Waals surface area contributed by atoms with Crippen LogP contribution in [0.4, 0.5) is 0 Å². The van der Waals surface area contributed by atoms with Crippen molar-refractivity contribution in [3.63, 3.8) is 0 Å². The van der Waals surface area contributed by atoms with Gasteiger partial charge in [0, 0.05) is 0 Å². The van der Waals surface area contributed by atoms with E-state index < -0.39 is 17.8 Å². The van der Waals surface area contributed by atoms with E-state index in [4.69, 9.17) is 3.32 Å². The van der Waals surface area contributed by atoms with Gasteiger partial charge in [-0.3, -0.25) is 0 Å². The maximum atomic E-state index is 6.95. The molecule has 1 nitrogen and oxygen atoms in total. The SMILES string of the molecule is C1=CC[C]([Ti]([O]c2cccc(-c3ccccc3)c2)=[C](c2ccccc2)c2ccccc2)=C1.Cl.Cl. The molecule has 0 bridgehead atoms. The van der Waals surface area contributed by atoms with Crippen molar-refractivity contribution in [3.8, 4) is 16.9 Å². The van der Waals surface area contributed by atoms with Gasteiger partial charge in [-0.15, -0.1) is 24.8 Å². The molecule has 0 N–H and O–H groups in total. The molecule has 1 aliphatic carbocycles. The fourth-order valence-electron chi connectivity index (χ4n) is 4.02. The molecule has 34 heavy (non-hydrogen) atoms. The quantitative estimate of drug-likeness (QED) is 0.233. The Hall–Kier alpha value is -2.68. The summed E-state index contributed by atoms with van der Waals surface area (Å²) < 4.78 is 9.73. The molecule has 0 unspecified atom stereocenters. The van der Waals surface area contributed by atoms with Crippen LogP contribution in [0.15, 0.2) is 137 Å². The van der Waals surface area contributed by atoms with Crippen molar-refractivity contribution >= 4 is 28.6 Å². The molecule has 1 aliphatic rings. The molecule has 170 valence electrons. The molecule has 0 heterocycles. The van der Waals surface area contributed by atoms with Crippen molar-refractivity contribution in [2.24, 2.45) is 0 Å². The second-order valence-electron chi connectivity index (χ2n) is 7.76. The first-order valence-corrected chi connectivity index (χ1v) is 13.1. The van der Waals surface area contributed by atoms with E-state index in [1.54, 1.807) is 0 Å². The topological polar surface area (TPSA) is 9.23 Å². The van der Waals surface area contributed by atoms with E-state index in [9.17, 15) is 0 Å². The molecule has 0 spiro atoms. The fourth-order valence-corrected chi connectivity index (χ4v) is 7.65. The van der Waals surface area contributed by atoms with Crippen LogP contribution in [-0.2, 0) is 17.8 Å². The molecule has 0 radical (unpaired) electrons. The van der Waals surface area contributed by atoms with Crippen LogP contribution in [0.5, 0.6) is 5.75 Å². The standard InChI is InChI=1S/C13H10.C12H10O.C5H5.2ClH.Ti/c1-3-7-12(8-4-1)11-13-9-5-2-6-10-13;13-12-8-4-7-11(9-12)10-5-2-1-3-6-10;1-2-4-5-3-1;;;/h1-10H;1-9,13H;1-3H,4H2;2*1H;/q;;;;;+1/p-1. The Morgan fingerprint density at radius 2 is 1.18 bits per heavy atom. The van der Waals surface area contributed by atoms with E-state index in [1.165, 1.54) is 29.9 Å². The predicted molar refractivity (Wildman–Crippen MR) is 145 cm³/mol. The van der Waals surface area contributed by atoms with Crippen LogP contribution in [0.3, 0.4) is 0 Å². The average Bonchev–Trinajstić information content (AvgIpc) is 3.41. The molecule has 0 aromatic heterocycles. The summed E-state index contributed by atoms with van der Waals surface area (Å²) in [4.78, 5) is 0. The number of rotatable bonds is 6. The van der Waals surface area contributed by atoms with Gasteiger partial charge in [-0.2, -0.15) is 0 Å². The van der Waals surface area contributed by atoms with Crippen LogP contribution in [0.1, 0.15) is 17.5 Å². The predicted octanol–water partition coefficient (Wildman–Crippen LogP) is 8.22. The second kappa shape index (κ2) is 12.7. The zero-order valence-corrected chi connectivity index (χ0v) is 21.8. The third-order valence-corrected chi connectivity index (χ3v) is 9.36. The average molecular weight is 521 g/mol. The van der Waals surface area contributed by atoms with Gasteiger partial charge in [0.25, 0.3) is 0 Å². The van der Waals surface area contributed by atoms with Gasteiger partial charge in [-0.25, -0.2) is 0 Å². The van der Waals surface area contributed by atoms with Crippen LogP contribution in [-0.4, -0.2) is 3.81 Å². The number of allylic oxidation sites excluding steroid dienone is 4. The van der Waals surface area contributed by atoms with Gasteiger partial charge in [-0.05, 0) is 0 Å². The van der Waals surface area contributed by atoms with Gasteiger partial charge < -0.3 is 0 Å². The summed E-state index contributed by atoms with van der Waals surface area (Å²) in [5, 5.41) is 0. The summed E-state index contributed by atoms with van der Waals surface area (Å²) in [6.07, 6.45) is 7.64. The zero-order valence-electron chi connectivity index (χ0n) is 18.6. The largest absolute Gasteiger partial charge is 0.147 e. The first-order chi connectivity index (χ1) is 15.9. The van der Waals surface area contributed by atoms with Crippen LogP contribution in [0, 0.1) is 0 Å². The maximum Gasteiger partial charge on any atom is -0.147 e. The number of hydrogen-bond acceptors (Lipinski definition) is 1. The van der Waals surface area contributed by atoms with Crippen LogP contribution in [0.25, 0.3) is 11.1 Å². The minimum atomic E-state index is -2.34. The van der Waals surface area contributed by atoms with Crippen molar-refractivity contribution in [1.82, 2.24) is 0 Å². The van der Waals surface area contributed by atoms with Crippen molar-refractivity contribution < 1.29 is 21.1 Å². The van der Waals surface area contributed by atoms with Gasteiger partial charge in [-0.1, -0.05) is 0 Å². The van der Waals surface area contributed by atoms with E-state index in [0.29, 0.717) is 0 Å². The first-order valence-electron chi connectivity index (χ1n) is 10.9. The summed E-state index contributed by atoms with van der Waals surface area (Å²) in [5.41, 5.74) is 4.89. The van der Waals surface area contributed by atoms with Crippen LogP contribution < -0.4 is 3.32 Å². The molecule has 0 aliphatic heterocycles. The number of hydrogen-bond donors (Lipinski definition) is 0. The molecule has 0 fully saturated rings. The molecule has 0 saturated carbocycles. The van der Waals surface area contributed by atoms with E-state index in [2.05, 4.69) is 133 Å². The van der Waals surface area contributed by atoms with Crippen LogP contribution >= 0.6 is 24.8 Å². The summed E-state index contributed by atoms with van der Waals surface area (Å²) in [5.74, 6) is 0.943. The monoisotopic (exact) mass is 520 g/mol. The van der Waals surface area contributed by atoms with Crippen molar-refractivity contribution in [2.45, 2.75) is 6.42 Å². The van der Waals surface area contributed by atoms with Crippen LogP contribution in [0.2, 0.25) is 0 Å². The Kier molecular flexibility index (Phi) is 9.68. The molecular weight excluding hydrogens is 495 g/mol. The minimum Gasteiger partial charge on any atom is -0.147 e. The molecule has 4 aromatic carbocycles. The summed E-state index contributed by atoms with van der Waals surface area (Å²) in [6.45, 7) is 0. The van der Waals surface area contributed by atoms with E-state index >= 15 is 0 Å². The first kappa shape index (κ1) is 25.9. The third-order valence-electron chi connectivity index (χ3n) is 5.58. The zero-order chi connectivity index (χ0) is 21.6. The maximum absolute atomic E-state index is 6.95. The summed E-state index contributed by atoms with van der Waals surface area (Å²) >= 11 is -2.34. The molecule has 0 atom stereocenters. The normalized spacial score (nSPS) is 11.6. The number of benzene rings is 4. The Bertz CT molecular complexity index is 1260. The van der Waals surface area contributed by atoms with E-state index in [1.807, 2.05) is 0 Å². The number of halogens is 2. The molecule has 0 saturated heterocycles. The Morgan fingerprint density at radius 1 is 0.618 bits per heavy atom. The van der Waals surface area contributed by atoms with Gasteiger partial charge in [0.1, 0.15) is 0 Å². The van der Waals surface area contributed by atoms with Crippen molar-refractivity contribution in [1.29, 1.82) is 0 Å². The van der Waals surface area contributed by atoms with Gasteiger partial charge in [0.15, 0.2) is 0 Å².